The van der Waals surface area contributed by atoms with Crippen molar-refractivity contribution in [2.75, 3.05) is 0 Å². The van der Waals surface area contributed by atoms with Gasteiger partial charge in [0, 0.05) is 15.6 Å². The summed E-state index contributed by atoms with van der Waals surface area (Å²) in [6.07, 6.45) is 0. The largest absolute Gasteiger partial charge is 0.369 e. The van der Waals surface area contributed by atoms with Crippen LogP contribution in [0.1, 0.15) is 12.5 Å². The summed E-state index contributed by atoms with van der Waals surface area (Å²) in [4.78, 5) is 0. The molecule has 0 aliphatic carbocycles. The van der Waals surface area contributed by atoms with Crippen LogP contribution in [0.4, 0.5) is 0 Å². The van der Waals surface area contributed by atoms with E-state index in [4.69, 9.17) is 34.7 Å². The van der Waals surface area contributed by atoms with Gasteiger partial charge < -0.3 is 11.5 Å². The number of hydrogen-bond acceptors (Lipinski definition) is 2. The highest BCUT2D eigenvalue weighted by molar-refractivity contribution is 6.36. The molecule has 4 nitrogen and oxygen atoms in total. The summed E-state index contributed by atoms with van der Waals surface area (Å²) in [6.45, 7) is 1.74. The van der Waals surface area contributed by atoms with E-state index in [2.05, 4.69) is 10.2 Å². The van der Waals surface area contributed by atoms with Crippen molar-refractivity contribution in [3.8, 4) is 0 Å². The first kappa shape index (κ1) is 11.8. The van der Waals surface area contributed by atoms with Gasteiger partial charge in [0.1, 0.15) is 0 Å². The number of rotatable bonds is 2. The summed E-state index contributed by atoms with van der Waals surface area (Å²) in [5, 5.41) is 8.46. The summed E-state index contributed by atoms with van der Waals surface area (Å²) < 4.78 is 0. The molecule has 6 heteroatoms. The van der Waals surface area contributed by atoms with Crippen molar-refractivity contribution in [2.24, 2.45) is 21.7 Å². The highest BCUT2D eigenvalue weighted by Gasteiger charge is 2.04. The fraction of sp³-hybridized carbons (Fsp3) is 0.111. The number of nitrogens with zero attached hydrogens (tertiary/aromatic N) is 2. The lowest BCUT2D eigenvalue weighted by molar-refractivity contribution is 1.20. The Balaban J connectivity index is 3.10. The fourth-order valence-electron chi connectivity index (χ4n) is 0.961. The number of nitrogens with two attached hydrogens (primary N) is 2. The number of guanidine groups is 1. The lowest BCUT2D eigenvalue weighted by Gasteiger charge is -2.02. The Hall–Kier alpha value is -1.26. The Kier molecular flexibility index (Phi) is 3.94. The van der Waals surface area contributed by atoms with Crippen LogP contribution < -0.4 is 11.5 Å². The van der Waals surface area contributed by atoms with Crippen LogP contribution in [0, 0.1) is 0 Å². The molecule has 0 bridgehead atoms. The average Bonchev–Trinajstić information content (AvgIpc) is 2.18. The molecule has 15 heavy (non-hydrogen) atoms. The van der Waals surface area contributed by atoms with Crippen LogP contribution in [0.15, 0.2) is 28.4 Å². The molecule has 0 radical (unpaired) electrons. The topological polar surface area (TPSA) is 76.8 Å². The maximum absolute atomic E-state index is 5.96. The normalized spacial score (nSPS) is 11.3. The van der Waals surface area contributed by atoms with E-state index in [0.29, 0.717) is 21.3 Å². The van der Waals surface area contributed by atoms with Crippen molar-refractivity contribution >= 4 is 34.9 Å². The summed E-state index contributed by atoms with van der Waals surface area (Å²) in [5.74, 6) is -0.104. The van der Waals surface area contributed by atoms with Crippen molar-refractivity contribution < 1.29 is 0 Å². The van der Waals surface area contributed by atoms with Crippen LogP contribution in [0.25, 0.3) is 0 Å². The van der Waals surface area contributed by atoms with Gasteiger partial charge in [0.25, 0.3) is 0 Å². The molecule has 1 aromatic rings. The smallest absolute Gasteiger partial charge is 0.211 e. The van der Waals surface area contributed by atoms with E-state index < -0.39 is 0 Å². The van der Waals surface area contributed by atoms with Crippen molar-refractivity contribution in [1.82, 2.24) is 0 Å². The first-order valence-corrected chi connectivity index (χ1v) is 4.85. The summed E-state index contributed by atoms with van der Waals surface area (Å²) in [6, 6.07) is 5.08. The van der Waals surface area contributed by atoms with Gasteiger partial charge in [-0.15, -0.1) is 5.10 Å². The Morgan fingerprint density at radius 2 is 1.87 bits per heavy atom. The van der Waals surface area contributed by atoms with Crippen molar-refractivity contribution in [2.45, 2.75) is 6.92 Å². The average molecular weight is 245 g/mol. The number of benzene rings is 1. The van der Waals surface area contributed by atoms with Gasteiger partial charge in [-0.25, -0.2) is 0 Å². The standard InChI is InChI=1S/C9H10Cl2N4/c1-5(14-15-9(12)13)7-4-6(10)2-3-8(7)11/h2-4H,1H3,(H4,12,13,15)/b14-5+. The van der Waals surface area contributed by atoms with E-state index in [1.54, 1.807) is 25.1 Å². The Bertz CT molecular complexity index is 422. The monoisotopic (exact) mass is 244 g/mol. The molecule has 0 aromatic heterocycles. The van der Waals surface area contributed by atoms with E-state index >= 15 is 0 Å². The van der Waals surface area contributed by atoms with E-state index in [-0.39, 0.29) is 5.96 Å². The molecule has 1 rings (SSSR count). The van der Waals surface area contributed by atoms with E-state index in [1.165, 1.54) is 0 Å². The first-order valence-electron chi connectivity index (χ1n) is 4.09. The molecule has 0 saturated carbocycles. The van der Waals surface area contributed by atoms with Crippen LogP contribution >= 0.6 is 23.2 Å². The molecule has 0 unspecified atom stereocenters. The van der Waals surface area contributed by atoms with Gasteiger partial charge in [-0.05, 0) is 25.1 Å². The molecule has 80 valence electrons. The van der Waals surface area contributed by atoms with Gasteiger partial charge >= 0.3 is 0 Å². The minimum absolute atomic E-state index is 0.104. The van der Waals surface area contributed by atoms with Crippen molar-refractivity contribution in [3.63, 3.8) is 0 Å². The van der Waals surface area contributed by atoms with Gasteiger partial charge in [-0.1, -0.05) is 23.2 Å². The molecule has 0 atom stereocenters. The minimum Gasteiger partial charge on any atom is -0.369 e. The molecular weight excluding hydrogens is 235 g/mol. The van der Waals surface area contributed by atoms with Gasteiger partial charge in [0.15, 0.2) is 0 Å². The zero-order chi connectivity index (χ0) is 11.4. The molecule has 1 aromatic carbocycles. The first-order chi connectivity index (χ1) is 7.00. The van der Waals surface area contributed by atoms with E-state index in [9.17, 15) is 0 Å². The van der Waals surface area contributed by atoms with E-state index in [0.717, 1.165) is 0 Å². The second kappa shape index (κ2) is 5.00. The van der Waals surface area contributed by atoms with Crippen molar-refractivity contribution in [1.29, 1.82) is 0 Å². The predicted octanol–water partition coefficient (Wildman–Crippen LogP) is 1.99. The lowest BCUT2D eigenvalue weighted by Crippen LogP contribution is -2.22. The van der Waals surface area contributed by atoms with Crippen LogP contribution in [-0.4, -0.2) is 11.7 Å². The Labute approximate surface area is 97.6 Å². The predicted molar refractivity (Wildman–Crippen MR) is 64.5 cm³/mol. The Morgan fingerprint density at radius 1 is 1.20 bits per heavy atom. The second-order valence-electron chi connectivity index (χ2n) is 2.83. The number of halogens is 2. The second-order valence-corrected chi connectivity index (χ2v) is 3.68. The molecule has 0 aliphatic heterocycles. The van der Waals surface area contributed by atoms with Gasteiger partial charge in [-0.2, -0.15) is 5.10 Å². The third-order valence-corrected chi connectivity index (χ3v) is 2.20. The number of hydrogen-bond donors (Lipinski definition) is 2. The zero-order valence-electron chi connectivity index (χ0n) is 8.04. The quantitative estimate of drug-likeness (QED) is 0.475. The van der Waals surface area contributed by atoms with Crippen LogP contribution in [-0.2, 0) is 0 Å². The summed E-state index contributed by atoms with van der Waals surface area (Å²) >= 11 is 11.8. The third-order valence-electron chi connectivity index (χ3n) is 1.63. The Morgan fingerprint density at radius 3 is 2.47 bits per heavy atom. The third kappa shape index (κ3) is 3.42. The zero-order valence-corrected chi connectivity index (χ0v) is 9.55. The van der Waals surface area contributed by atoms with Gasteiger partial charge in [0.2, 0.25) is 5.96 Å². The van der Waals surface area contributed by atoms with Gasteiger partial charge in [-0.3, -0.25) is 0 Å². The molecule has 0 saturated heterocycles. The van der Waals surface area contributed by atoms with Crippen LogP contribution in [0.2, 0.25) is 10.0 Å². The summed E-state index contributed by atoms with van der Waals surface area (Å²) in [5.41, 5.74) is 11.6. The van der Waals surface area contributed by atoms with Crippen molar-refractivity contribution in [3.05, 3.63) is 33.8 Å². The fourth-order valence-corrected chi connectivity index (χ4v) is 1.39. The highest BCUT2D eigenvalue weighted by Crippen LogP contribution is 2.21. The molecular formula is C9H10Cl2N4. The minimum atomic E-state index is -0.104. The lowest BCUT2D eigenvalue weighted by atomic mass is 10.1. The maximum atomic E-state index is 5.96. The maximum Gasteiger partial charge on any atom is 0.211 e. The molecule has 0 fully saturated rings. The highest BCUT2D eigenvalue weighted by atomic mass is 35.5. The molecule has 4 N–H and O–H groups in total. The molecule has 0 amide bonds. The van der Waals surface area contributed by atoms with E-state index in [1.807, 2.05) is 0 Å². The van der Waals surface area contributed by atoms with Gasteiger partial charge in [0.05, 0.1) is 5.71 Å². The molecule has 0 heterocycles. The molecule has 0 spiro atoms. The van der Waals surface area contributed by atoms with Crippen LogP contribution in [0.3, 0.4) is 0 Å². The summed E-state index contributed by atoms with van der Waals surface area (Å²) in [7, 11) is 0. The van der Waals surface area contributed by atoms with Crippen LogP contribution in [0.5, 0.6) is 0 Å². The SMILES string of the molecule is C/C(=N\N=C(N)N)c1cc(Cl)ccc1Cl. The molecule has 0 aliphatic rings.